The first-order valence-electron chi connectivity index (χ1n) is 6.62. The zero-order valence-electron chi connectivity index (χ0n) is 11.8. The van der Waals surface area contributed by atoms with E-state index in [4.69, 9.17) is 9.84 Å². The summed E-state index contributed by atoms with van der Waals surface area (Å²) in [6, 6.07) is 0.529. The van der Waals surface area contributed by atoms with Gasteiger partial charge in [0.25, 0.3) is 0 Å². The summed E-state index contributed by atoms with van der Waals surface area (Å²) in [5, 5.41) is 8.81. The van der Waals surface area contributed by atoms with Crippen LogP contribution in [0.25, 0.3) is 0 Å². The van der Waals surface area contributed by atoms with Gasteiger partial charge in [-0.15, -0.1) is 11.8 Å². The summed E-state index contributed by atoms with van der Waals surface area (Å²) in [6.07, 6.45) is 0.159. The van der Waals surface area contributed by atoms with Gasteiger partial charge >= 0.3 is 5.97 Å². The Hall–Kier alpha value is -0.260. The first-order valence-corrected chi connectivity index (χ1v) is 7.66. The summed E-state index contributed by atoms with van der Waals surface area (Å²) < 4.78 is 5.71. The predicted octanol–water partition coefficient (Wildman–Crippen LogP) is 1.94. The first kappa shape index (κ1) is 15.8. The maximum absolute atomic E-state index is 11.1. The third kappa shape index (κ3) is 4.78. The van der Waals surface area contributed by atoms with Crippen LogP contribution < -0.4 is 0 Å². The number of morpholine rings is 1. The van der Waals surface area contributed by atoms with Gasteiger partial charge in [0.2, 0.25) is 0 Å². The molecule has 1 saturated heterocycles. The number of carboxylic acid groups (broad SMARTS) is 1. The van der Waals surface area contributed by atoms with Crippen LogP contribution in [0.4, 0.5) is 0 Å². The molecule has 1 heterocycles. The van der Waals surface area contributed by atoms with Crippen molar-refractivity contribution in [3.8, 4) is 0 Å². The number of nitrogens with zero attached hydrogens (tertiary/aromatic N) is 1. The van der Waals surface area contributed by atoms with Crippen LogP contribution in [0.5, 0.6) is 0 Å². The lowest BCUT2D eigenvalue weighted by molar-refractivity contribution is -0.137. The maximum Gasteiger partial charge on any atom is 0.316 e. The van der Waals surface area contributed by atoms with E-state index < -0.39 is 5.97 Å². The fourth-order valence-corrected chi connectivity index (χ4v) is 3.22. The van der Waals surface area contributed by atoms with Gasteiger partial charge in [-0.05, 0) is 19.8 Å². The molecule has 0 bridgehead atoms. The number of aliphatic carboxylic acids is 1. The van der Waals surface area contributed by atoms with Gasteiger partial charge in [-0.1, -0.05) is 13.8 Å². The van der Waals surface area contributed by atoms with Gasteiger partial charge < -0.3 is 9.84 Å². The van der Waals surface area contributed by atoms with Crippen molar-refractivity contribution in [2.45, 2.75) is 45.1 Å². The van der Waals surface area contributed by atoms with E-state index >= 15 is 0 Å². The number of hydrogen-bond acceptors (Lipinski definition) is 4. The Bertz CT molecular complexity index is 271. The van der Waals surface area contributed by atoms with Gasteiger partial charge in [0.15, 0.2) is 0 Å². The van der Waals surface area contributed by atoms with E-state index in [1.54, 1.807) is 0 Å². The summed E-state index contributed by atoms with van der Waals surface area (Å²) in [4.78, 5) is 13.5. The van der Waals surface area contributed by atoms with Crippen LogP contribution in [0, 0.1) is 5.92 Å². The van der Waals surface area contributed by atoms with Crippen molar-refractivity contribution in [2.75, 3.05) is 25.4 Å². The Morgan fingerprint density at radius 2 is 2.11 bits per heavy atom. The Morgan fingerprint density at radius 1 is 1.44 bits per heavy atom. The molecule has 1 N–H and O–H groups in total. The standard InChI is InChI=1S/C13H25NO3S/c1-9(2)12(13(15)16)18-8-11-7-14(10(3)4)5-6-17-11/h9-12H,5-8H2,1-4H3,(H,15,16). The number of carboxylic acids is 1. The van der Waals surface area contributed by atoms with Crippen molar-refractivity contribution in [2.24, 2.45) is 5.92 Å². The highest BCUT2D eigenvalue weighted by Gasteiger charge is 2.27. The monoisotopic (exact) mass is 275 g/mol. The molecular weight excluding hydrogens is 250 g/mol. The molecule has 0 spiro atoms. The quantitative estimate of drug-likeness (QED) is 0.803. The number of carbonyl (C=O) groups is 1. The molecule has 2 atom stereocenters. The third-order valence-electron chi connectivity index (χ3n) is 3.21. The van der Waals surface area contributed by atoms with E-state index in [1.165, 1.54) is 11.8 Å². The van der Waals surface area contributed by atoms with Crippen molar-refractivity contribution in [3.05, 3.63) is 0 Å². The smallest absolute Gasteiger partial charge is 0.316 e. The summed E-state index contributed by atoms with van der Waals surface area (Å²) in [5.41, 5.74) is 0. The van der Waals surface area contributed by atoms with Gasteiger partial charge in [0, 0.05) is 24.9 Å². The highest BCUT2D eigenvalue weighted by molar-refractivity contribution is 8.00. The van der Waals surface area contributed by atoms with Crippen LogP contribution >= 0.6 is 11.8 Å². The lowest BCUT2D eigenvalue weighted by atomic mass is 10.1. The molecule has 106 valence electrons. The minimum absolute atomic E-state index is 0.150. The zero-order chi connectivity index (χ0) is 13.7. The molecule has 2 unspecified atom stereocenters. The minimum atomic E-state index is -0.716. The van der Waals surface area contributed by atoms with Gasteiger partial charge in [0.1, 0.15) is 5.25 Å². The van der Waals surface area contributed by atoms with E-state index in [0.29, 0.717) is 6.04 Å². The van der Waals surface area contributed by atoms with Crippen LogP contribution in [0.1, 0.15) is 27.7 Å². The van der Waals surface area contributed by atoms with Crippen molar-refractivity contribution in [1.29, 1.82) is 0 Å². The molecule has 1 fully saturated rings. The Balaban J connectivity index is 2.40. The summed E-state index contributed by atoms with van der Waals surface area (Å²) in [6.45, 7) is 10.9. The molecule has 4 nitrogen and oxygen atoms in total. The Labute approximate surface area is 114 Å². The van der Waals surface area contributed by atoms with Crippen LogP contribution in [-0.2, 0) is 9.53 Å². The van der Waals surface area contributed by atoms with E-state index in [1.807, 2.05) is 13.8 Å². The Kier molecular flexibility index (Phi) is 6.46. The molecule has 0 aromatic heterocycles. The molecule has 0 amide bonds. The minimum Gasteiger partial charge on any atom is -0.480 e. The lowest BCUT2D eigenvalue weighted by Crippen LogP contribution is -2.47. The van der Waals surface area contributed by atoms with Crippen LogP contribution in [0.2, 0.25) is 0 Å². The molecule has 5 heteroatoms. The Morgan fingerprint density at radius 3 is 2.61 bits per heavy atom. The molecule has 0 radical (unpaired) electrons. The van der Waals surface area contributed by atoms with Crippen molar-refractivity contribution >= 4 is 17.7 Å². The normalized spacial score (nSPS) is 23.6. The van der Waals surface area contributed by atoms with Gasteiger partial charge in [0.05, 0.1) is 12.7 Å². The van der Waals surface area contributed by atoms with Crippen molar-refractivity contribution in [1.82, 2.24) is 4.90 Å². The van der Waals surface area contributed by atoms with Crippen LogP contribution in [0.3, 0.4) is 0 Å². The number of thioether (sulfide) groups is 1. The average molecular weight is 275 g/mol. The second-order valence-corrected chi connectivity index (χ2v) is 6.59. The summed E-state index contributed by atoms with van der Waals surface area (Å²) >= 11 is 1.51. The third-order valence-corrected chi connectivity index (χ3v) is 4.88. The number of hydrogen-bond donors (Lipinski definition) is 1. The number of ether oxygens (including phenoxy) is 1. The average Bonchev–Trinajstić information content (AvgIpc) is 2.28. The summed E-state index contributed by atoms with van der Waals surface area (Å²) in [5.74, 6) is 0.196. The maximum atomic E-state index is 11.1. The SMILES string of the molecule is CC(C)C(SCC1CN(C(C)C)CCO1)C(=O)O. The number of rotatable bonds is 6. The van der Waals surface area contributed by atoms with Crippen LogP contribution in [-0.4, -0.2) is 58.8 Å². The first-order chi connectivity index (χ1) is 8.41. The molecule has 1 aliphatic heterocycles. The molecule has 1 rings (SSSR count). The predicted molar refractivity (Wildman–Crippen MR) is 75.2 cm³/mol. The molecular formula is C13H25NO3S. The van der Waals surface area contributed by atoms with Gasteiger partial charge in [-0.25, -0.2) is 0 Å². The largest absolute Gasteiger partial charge is 0.480 e. The zero-order valence-corrected chi connectivity index (χ0v) is 12.6. The second-order valence-electron chi connectivity index (χ2n) is 5.42. The van der Waals surface area contributed by atoms with E-state index in [0.717, 1.165) is 25.4 Å². The van der Waals surface area contributed by atoms with E-state index in [-0.39, 0.29) is 17.3 Å². The molecule has 0 aromatic rings. The molecule has 18 heavy (non-hydrogen) atoms. The summed E-state index contributed by atoms with van der Waals surface area (Å²) in [7, 11) is 0. The fourth-order valence-electron chi connectivity index (χ4n) is 2.07. The molecule has 0 aromatic carbocycles. The second kappa shape index (κ2) is 7.36. The highest BCUT2D eigenvalue weighted by Crippen LogP contribution is 2.23. The fraction of sp³-hybridized carbons (Fsp3) is 0.923. The lowest BCUT2D eigenvalue weighted by Gasteiger charge is -2.35. The molecule has 0 aliphatic carbocycles. The van der Waals surface area contributed by atoms with Crippen molar-refractivity contribution in [3.63, 3.8) is 0 Å². The topological polar surface area (TPSA) is 49.8 Å². The molecule has 1 aliphatic rings. The van der Waals surface area contributed by atoms with E-state index in [9.17, 15) is 4.79 Å². The highest BCUT2D eigenvalue weighted by atomic mass is 32.2. The van der Waals surface area contributed by atoms with E-state index in [2.05, 4.69) is 18.7 Å². The van der Waals surface area contributed by atoms with Gasteiger partial charge in [-0.2, -0.15) is 0 Å². The van der Waals surface area contributed by atoms with Crippen LogP contribution in [0.15, 0.2) is 0 Å². The molecule has 0 saturated carbocycles. The van der Waals surface area contributed by atoms with Gasteiger partial charge in [-0.3, -0.25) is 9.69 Å². The van der Waals surface area contributed by atoms with Crippen molar-refractivity contribution < 1.29 is 14.6 Å².